The van der Waals surface area contributed by atoms with Crippen molar-refractivity contribution in [3.05, 3.63) is 39.4 Å². The van der Waals surface area contributed by atoms with Gasteiger partial charge in [0.1, 0.15) is 6.04 Å². The van der Waals surface area contributed by atoms with Crippen LogP contribution in [0.2, 0.25) is 0 Å². The van der Waals surface area contributed by atoms with E-state index in [4.69, 9.17) is 4.74 Å². The number of rotatable bonds is 3. The van der Waals surface area contributed by atoms with Gasteiger partial charge in [0, 0.05) is 23.7 Å². The molecule has 0 saturated carbocycles. The van der Waals surface area contributed by atoms with Crippen LogP contribution in [0.15, 0.2) is 18.2 Å². The molecule has 7 heteroatoms. The first-order valence-electron chi connectivity index (χ1n) is 6.59. The number of benzene rings is 1. The zero-order valence-electron chi connectivity index (χ0n) is 11.9. The molecule has 0 aliphatic carbocycles. The predicted octanol–water partition coefficient (Wildman–Crippen LogP) is 1.68. The van der Waals surface area contributed by atoms with Crippen molar-refractivity contribution in [1.29, 1.82) is 0 Å². The van der Waals surface area contributed by atoms with Crippen molar-refractivity contribution in [3.63, 3.8) is 0 Å². The lowest BCUT2D eigenvalue weighted by atomic mass is 10.1. The molecule has 1 fully saturated rings. The van der Waals surface area contributed by atoms with Crippen molar-refractivity contribution >= 4 is 17.6 Å². The normalized spacial score (nSPS) is 17.6. The van der Waals surface area contributed by atoms with Crippen LogP contribution >= 0.6 is 0 Å². The number of esters is 1. The van der Waals surface area contributed by atoms with Crippen molar-refractivity contribution in [2.24, 2.45) is 0 Å². The number of nitro benzene ring substituents is 1. The van der Waals surface area contributed by atoms with Gasteiger partial charge in [-0.05, 0) is 25.8 Å². The summed E-state index contributed by atoms with van der Waals surface area (Å²) in [6.07, 6.45) is 1.26. The zero-order valence-corrected chi connectivity index (χ0v) is 11.9. The number of amides is 1. The molecule has 112 valence electrons. The minimum Gasteiger partial charge on any atom is -0.467 e. The van der Waals surface area contributed by atoms with Crippen molar-refractivity contribution in [2.75, 3.05) is 13.7 Å². The lowest BCUT2D eigenvalue weighted by Crippen LogP contribution is -2.41. The van der Waals surface area contributed by atoms with Gasteiger partial charge in [0.15, 0.2) is 0 Å². The van der Waals surface area contributed by atoms with E-state index in [1.54, 1.807) is 6.92 Å². The molecule has 0 bridgehead atoms. The number of nitrogens with zero attached hydrogens (tertiary/aromatic N) is 2. The van der Waals surface area contributed by atoms with Crippen LogP contribution in [0.25, 0.3) is 0 Å². The molecular weight excluding hydrogens is 276 g/mol. The van der Waals surface area contributed by atoms with Crippen LogP contribution < -0.4 is 0 Å². The van der Waals surface area contributed by atoms with E-state index < -0.39 is 16.9 Å². The van der Waals surface area contributed by atoms with E-state index in [0.717, 1.165) is 0 Å². The number of hydrogen-bond donors (Lipinski definition) is 0. The lowest BCUT2D eigenvalue weighted by Gasteiger charge is -2.22. The molecule has 1 aromatic carbocycles. The second-order valence-electron chi connectivity index (χ2n) is 4.94. The van der Waals surface area contributed by atoms with E-state index in [0.29, 0.717) is 24.9 Å². The number of carbonyl (C=O) groups is 2. The largest absolute Gasteiger partial charge is 0.467 e. The fraction of sp³-hybridized carbons (Fsp3) is 0.429. The van der Waals surface area contributed by atoms with E-state index in [9.17, 15) is 19.7 Å². The van der Waals surface area contributed by atoms with Gasteiger partial charge in [-0.1, -0.05) is 6.07 Å². The third-order valence-corrected chi connectivity index (χ3v) is 3.64. The molecule has 0 radical (unpaired) electrons. The van der Waals surface area contributed by atoms with Gasteiger partial charge in [-0.2, -0.15) is 0 Å². The summed E-state index contributed by atoms with van der Waals surface area (Å²) in [6.45, 7) is 2.06. The van der Waals surface area contributed by atoms with Gasteiger partial charge in [0.05, 0.1) is 12.0 Å². The Morgan fingerprint density at radius 3 is 2.76 bits per heavy atom. The maximum atomic E-state index is 12.5. The SMILES string of the molecule is COC(=O)C1CCCN1C(=O)c1ccc(C)c([N+](=O)[O-])c1. The van der Waals surface area contributed by atoms with Crippen molar-refractivity contribution < 1.29 is 19.2 Å². The highest BCUT2D eigenvalue weighted by Crippen LogP contribution is 2.24. The number of ether oxygens (including phenoxy) is 1. The summed E-state index contributed by atoms with van der Waals surface area (Å²) in [6, 6.07) is 3.72. The summed E-state index contributed by atoms with van der Waals surface area (Å²) in [7, 11) is 1.28. The van der Waals surface area contributed by atoms with Gasteiger partial charge in [0.2, 0.25) is 0 Å². The fourth-order valence-corrected chi connectivity index (χ4v) is 2.50. The number of hydrogen-bond acceptors (Lipinski definition) is 5. The van der Waals surface area contributed by atoms with Crippen molar-refractivity contribution in [3.8, 4) is 0 Å². The highest BCUT2D eigenvalue weighted by molar-refractivity contribution is 5.97. The Morgan fingerprint density at radius 2 is 2.14 bits per heavy atom. The van der Waals surface area contributed by atoms with E-state index >= 15 is 0 Å². The van der Waals surface area contributed by atoms with Gasteiger partial charge >= 0.3 is 5.97 Å². The first-order valence-corrected chi connectivity index (χ1v) is 6.59. The number of likely N-dealkylation sites (tertiary alicyclic amines) is 1. The van der Waals surface area contributed by atoms with E-state index in [1.807, 2.05) is 0 Å². The minimum absolute atomic E-state index is 0.102. The lowest BCUT2D eigenvalue weighted by molar-refractivity contribution is -0.385. The Labute approximate surface area is 121 Å². The monoisotopic (exact) mass is 292 g/mol. The summed E-state index contributed by atoms with van der Waals surface area (Å²) in [5.41, 5.74) is 0.597. The molecule has 7 nitrogen and oxygen atoms in total. The van der Waals surface area contributed by atoms with Gasteiger partial charge in [-0.15, -0.1) is 0 Å². The molecular formula is C14H16N2O5. The molecule has 1 heterocycles. The first-order chi connectivity index (χ1) is 9.95. The maximum Gasteiger partial charge on any atom is 0.328 e. The van der Waals surface area contributed by atoms with Gasteiger partial charge in [-0.3, -0.25) is 14.9 Å². The van der Waals surface area contributed by atoms with Crippen LogP contribution in [0.3, 0.4) is 0 Å². The second kappa shape index (κ2) is 5.90. The second-order valence-corrected chi connectivity index (χ2v) is 4.94. The average molecular weight is 292 g/mol. The Kier molecular flexibility index (Phi) is 4.21. The van der Waals surface area contributed by atoms with E-state index in [-0.39, 0.29) is 17.2 Å². The Hall–Kier alpha value is -2.44. The average Bonchev–Trinajstić information content (AvgIpc) is 2.95. The molecule has 0 aromatic heterocycles. The van der Waals surface area contributed by atoms with Crippen molar-refractivity contribution in [2.45, 2.75) is 25.8 Å². The smallest absolute Gasteiger partial charge is 0.328 e. The number of nitro groups is 1. The molecule has 1 amide bonds. The van der Waals surface area contributed by atoms with E-state index in [1.165, 1.54) is 30.2 Å². The molecule has 1 saturated heterocycles. The summed E-state index contributed by atoms with van der Waals surface area (Å²) in [4.78, 5) is 36.0. The number of carbonyl (C=O) groups excluding carboxylic acids is 2. The third-order valence-electron chi connectivity index (χ3n) is 3.64. The highest BCUT2D eigenvalue weighted by Gasteiger charge is 2.35. The van der Waals surface area contributed by atoms with Gasteiger partial charge in [-0.25, -0.2) is 4.79 Å². The van der Waals surface area contributed by atoms with Crippen LogP contribution in [0, 0.1) is 17.0 Å². The summed E-state index contributed by atoms with van der Waals surface area (Å²) < 4.78 is 4.69. The van der Waals surface area contributed by atoms with Crippen LogP contribution in [0.5, 0.6) is 0 Å². The maximum absolute atomic E-state index is 12.5. The molecule has 1 aliphatic rings. The summed E-state index contributed by atoms with van der Waals surface area (Å²) in [5.74, 6) is -0.839. The van der Waals surface area contributed by atoms with Crippen LogP contribution in [0.1, 0.15) is 28.8 Å². The summed E-state index contributed by atoms with van der Waals surface area (Å²) >= 11 is 0. The molecule has 1 aliphatic heterocycles. The third kappa shape index (κ3) is 2.86. The molecule has 2 rings (SSSR count). The Morgan fingerprint density at radius 1 is 1.43 bits per heavy atom. The predicted molar refractivity (Wildman–Crippen MR) is 73.9 cm³/mol. The van der Waals surface area contributed by atoms with Crippen LogP contribution in [0.4, 0.5) is 5.69 Å². The molecule has 1 aromatic rings. The zero-order chi connectivity index (χ0) is 15.6. The van der Waals surface area contributed by atoms with Crippen LogP contribution in [-0.2, 0) is 9.53 Å². The van der Waals surface area contributed by atoms with E-state index in [2.05, 4.69) is 0 Å². The number of aryl methyl sites for hydroxylation is 1. The fourth-order valence-electron chi connectivity index (χ4n) is 2.50. The van der Waals surface area contributed by atoms with Gasteiger partial charge < -0.3 is 9.64 Å². The molecule has 1 atom stereocenters. The molecule has 21 heavy (non-hydrogen) atoms. The molecule has 0 spiro atoms. The Bertz CT molecular complexity index is 599. The number of methoxy groups -OCH3 is 1. The quantitative estimate of drug-likeness (QED) is 0.480. The highest BCUT2D eigenvalue weighted by atomic mass is 16.6. The van der Waals surface area contributed by atoms with Crippen LogP contribution in [-0.4, -0.2) is 41.4 Å². The first kappa shape index (κ1) is 15.0. The Balaban J connectivity index is 2.29. The summed E-state index contributed by atoms with van der Waals surface area (Å²) in [5, 5.41) is 10.9. The van der Waals surface area contributed by atoms with Gasteiger partial charge in [0.25, 0.3) is 11.6 Å². The molecule has 0 N–H and O–H groups in total. The standard InChI is InChI=1S/C14H16N2O5/c1-9-5-6-10(8-12(9)16(19)20)13(17)15-7-3-4-11(15)14(18)21-2/h5-6,8,11H,3-4,7H2,1-2H3. The van der Waals surface area contributed by atoms with Crippen molar-refractivity contribution in [1.82, 2.24) is 4.90 Å². The topological polar surface area (TPSA) is 89.8 Å². The molecule has 1 unspecified atom stereocenters. The minimum atomic E-state index is -0.608.